The lowest BCUT2D eigenvalue weighted by Crippen LogP contribution is -2.11. The van der Waals surface area contributed by atoms with Crippen LogP contribution >= 0.6 is 0 Å². The molecule has 2 N–H and O–H groups in total. The Kier molecular flexibility index (Phi) is 3.99. The van der Waals surface area contributed by atoms with E-state index in [0.717, 1.165) is 29.2 Å². The molecule has 1 heterocycles. The van der Waals surface area contributed by atoms with Gasteiger partial charge in [-0.3, -0.25) is 0 Å². The van der Waals surface area contributed by atoms with Gasteiger partial charge in [0.25, 0.3) is 0 Å². The Balaban J connectivity index is 2.00. The molecule has 0 atom stereocenters. The summed E-state index contributed by atoms with van der Waals surface area (Å²) in [6.45, 7) is 5.94. The highest BCUT2D eigenvalue weighted by molar-refractivity contribution is 5.40. The van der Waals surface area contributed by atoms with Crippen molar-refractivity contribution in [1.29, 1.82) is 0 Å². The van der Waals surface area contributed by atoms with Crippen LogP contribution < -0.4 is 10.5 Å². The SMILES string of the molecule is Cc1cccc(CN)c1OCCn1ccnc1C. The number of aryl methyl sites for hydroxylation is 2. The molecule has 0 radical (unpaired) electrons. The quantitative estimate of drug-likeness (QED) is 0.877. The maximum Gasteiger partial charge on any atom is 0.126 e. The smallest absolute Gasteiger partial charge is 0.126 e. The van der Waals surface area contributed by atoms with Crippen LogP contribution in [0.25, 0.3) is 0 Å². The zero-order chi connectivity index (χ0) is 13.0. The van der Waals surface area contributed by atoms with Crippen molar-refractivity contribution < 1.29 is 4.74 Å². The Labute approximate surface area is 107 Å². The second-order valence-electron chi connectivity index (χ2n) is 4.28. The van der Waals surface area contributed by atoms with Crippen LogP contribution in [-0.4, -0.2) is 16.2 Å². The van der Waals surface area contributed by atoms with E-state index in [0.29, 0.717) is 13.2 Å². The third kappa shape index (κ3) is 2.71. The third-order valence-electron chi connectivity index (χ3n) is 3.02. The average molecular weight is 245 g/mol. The van der Waals surface area contributed by atoms with E-state index in [1.807, 2.05) is 38.2 Å². The average Bonchev–Trinajstić information content (AvgIpc) is 2.77. The fourth-order valence-electron chi connectivity index (χ4n) is 1.97. The molecule has 96 valence electrons. The van der Waals surface area contributed by atoms with Crippen molar-refractivity contribution in [2.75, 3.05) is 6.61 Å². The summed E-state index contributed by atoms with van der Waals surface area (Å²) >= 11 is 0. The fourth-order valence-corrected chi connectivity index (χ4v) is 1.97. The van der Waals surface area contributed by atoms with Crippen LogP contribution in [0, 0.1) is 13.8 Å². The molecule has 0 fully saturated rings. The van der Waals surface area contributed by atoms with Gasteiger partial charge >= 0.3 is 0 Å². The molecule has 4 nitrogen and oxygen atoms in total. The van der Waals surface area contributed by atoms with E-state index in [2.05, 4.69) is 9.55 Å². The Morgan fingerprint density at radius 3 is 2.83 bits per heavy atom. The summed E-state index contributed by atoms with van der Waals surface area (Å²) in [7, 11) is 0. The molecule has 2 rings (SSSR count). The lowest BCUT2D eigenvalue weighted by Gasteiger charge is -2.13. The Morgan fingerprint density at radius 2 is 2.17 bits per heavy atom. The van der Waals surface area contributed by atoms with Crippen LogP contribution in [0.15, 0.2) is 30.6 Å². The minimum absolute atomic E-state index is 0.501. The molecule has 4 heteroatoms. The first-order valence-corrected chi connectivity index (χ1v) is 6.11. The summed E-state index contributed by atoms with van der Waals surface area (Å²) < 4.78 is 7.93. The second-order valence-corrected chi connectivity index (χ2v) is 4.28. The van der Waals surface area contributed by atoms with Gasteiger partial charge in [0.05, 0.1) is 6.54 Å². The van der Waals surface area contributed by atoms with Gasteiger partial charge in [-0.1, -0.05) is 18.2 Å². The van der Waals surface area contributed by atoms with E-state index in [1.165, 1.54) is 0 Å². The van der Waals surface area contributed by atoms with Crippen LogP contribution in [0.4, 0.5) is 0 Å². The number of hydrogen-bond acceptors (Lipinski definition) is 3. The maximum absolute atomic E-state index is 5.86. The highest BCUT2D eigenvalue weighted by Crippen LogP contribution is 2.22. The van der Waals surface area contributed by atoms with Crippen LogP contribution in [0.2, 0.25) is 0 Å². The van der Waals surface area contributed by atoms with Crippen molar-refractivity contribution in [3.8, 4) is 5.75 Å². The number of benzene rings is 1. The molecular formula is C14H19N3O. The Morgan fingerprint density at radius 1 is 1.33 bits per heavy atom. The van der Waals surface area contributed by atoms with Gasteiger partial charge in [-0.25, -0.2) is 4.98 Å². The molecule has 0 amide bonds. The van der Waals surface area contributed by atoms with E-state index >= 15 is 0 Å². The number of nitrogens with two attached hydrogens (primary N) is 1. The normalized spacial score (nSPS) is 10.6. The van der Waals surface area contributed by atoms with Crippen molar-refractivity contribution in [3.05, 3.63) is 47.5 Å². The minimum Gasteiger partial charge on any atom is -0.491 e. The number of hydrogen-bond donors (Lipinski definition) is 1. The summed E-state index contributed by atoms with van der Waals surface area (Å²) in [5.41, 5.74) is 7.89. The number of nitrogens with zero attached hydrogens (tertiary/aromatic N) is 2. The van der Waals surface area contributed by atoms with Crippen molar-refractivity contribution in [3.63, 3.8) is 0 Å². The van der Waals surface area contributed by atoms with Crippen LogP contribution in [0.1, 0.15) is 17.0 Å². The highest BCUT2D eigenvalue weighted by Gasteiger charge is 2.05. The standard InChI is InChI=1S/C14H19N3O/c1-11-4-3-5-13(10-15)14(11)18-9-8-17-7-6-16-12(17)2/h3-7H,8-10,15H2,1-2H3. The monoisotopic (exact) mass is 245 g/mol. The first-order valence-electron chi connectivity index (χ1n) is 6.11. The molecule has 1 aromatic carbocycles. The highest BCUT2D eigenvalue weighted by atomic mass is 16.5. The lowest BCUT2D eigenvalue weighted by molar-refractivity contribution is 0.292. The molecule has 0 unspecified atom stereocenters. The van der Waals surface area contributed by atoms with Gasteiger partial charge in [0.15, 0.2) is 0 Å². The first-order chi connectivity index (χ1) is 8.72. The number of aromatic nitrogens is 2. The molecule has 2 aromatic rings. The van der Waals surface area contributed by atoms with Gasteiger partial charge in [-0.05, 0) is 19.4 Å². The molecule has 0 saturated carbocycles. The van der Waals surface area contributed by atoms with E-state index < -0.39 is 0 Å². The lowest BCUT2D eigenvalue weighted by atomic mass is 10.1. The number of ether oxygens (including phenoxy) is 1. The largest absolute Gasteiger partial charge is 0.491 e. The summed E-state index contributed by atoms with van der Waals surface area (Å²) in [5, 5.41) is 0. The molecule has 0 spiro atoms. The van der Waals surface area contributed by atoms with Crippen LogP contribution in [0.3, 0.4) is 0 Å². The summed E-state index contributed by atoms with van der Waals surface area (Å²) in [4.78, 5) is 4.18. The van der Waals surface area contributed by atoms with Gasteiger partial charge < -0.3 is 15.0 Å². The molecule has 18 heavy (non-hydrogen) atoms. The topological polar surface area (TPSA) is 53.1 Å². The third-order valence-corrected chi connectivity index (χ3v) is 3.02. The fraction of sp³-hybridized carbons (Fsp3) is 0.357. The van der Waals surface area contributed by atoms with Crippen molar-refractivity contribution >= 4 is 0 Å². The Hall–Kier alpha value is -1.81. The van der Waals surface area contributed by atoms with E-state index in [-0.39, 0.29) is 0 Å². The van der Waals surface area contributed by atoms with Gasteiger partial charge in [0, 0.05) is 24.5 Å². The van der Waals surface area contributed by atoms with E-state index in [9.17, 15) is 0 Å². The molecule has 0 aliphatic rings. The van der Waals surface area contributed by atoms with Crippen LogP contribution in [0.5, 0.6) is 5.75 Å². The Bertz CT molecular complexity index is 520. The van der Waals surface area contributed by atoms with Crippen LogP contribution in [-0.2, 0) is 13.1 Å². The zero-order valence-electron chi connectivity index (χ0n) is 10.9. The summed E-state index contributed by atoms with van der Waals surface area (Å²) in [6, 6.07) is 6.05. The van der Waals surface area contributed by atoms with E-state index in [1.54, 1.807) is 6.20 Å². The predicted molar refractivity (Wildman–Crippen MR) is 71.5 cm³/mol. The number of para-hydroxylation sites is 1. The van der Waals surface area contributed by atoms with Crippen molar-refractivity contribution in [2.24, 2.45) is 5.73 Å². The van der Waals surface area contributed by atoms with Gasteiger partial charge in [0.1, 0.15) is 18.2 Å². The molecule has 0 saturated heterocycles. The van der Waals surface area contributed by atoms with Gasteiger partial charge in [-0.15, -0.1) is 0 Å². The summed E-state index contributed by atoms with van der Waals surface area (Å²) in [6.07, 6.45) is 3.76. The predicted octanol–water partition coefficient (Wildman–Crippen LogP) is 2.04. The molecule has 1 aromatic heterocycles. The summed E-state index contributed by atoms with van der Waals surface area (Å²) in [5.74, 6) is 1.92. The van der Waals surface area contributed by atoms with Crippen molar-refractivity contribution in [1.82, 2.24) is 9.55 Å². The van der Waals surface area contributed by atoms with E-state index in [4.69, 9.17) is 10.5 Å². The zero-order valence-corrected chi connectivity index (χ0v) is 10.9. The molecule has 0 aliphatic carbocycles. The van der Waals surface area contributed by atoms with Crippen molar-refractivity contribution in [2.45, 2.75) is 26.9 Å². The molecule has 0 aliphatic heterocycles. The maximum atomic E-state index is 5.86. The second kappa shape index (κ2) is 5.69. The first kappa shape index (κ1) is 12.6. The van der Waals surface area contributed by atoms with Gasteiger partial charge in [-0.2, -0.15) is 0 Å². The number of rotatable bonds is 5. The minimum atomic E-state index is 0.501. The number of imidazole rings is 1. The van der Waals surface area contributed by atoms with Gasteiger partial charge in [0.2, 0.25) is 0 Å². The molecule has 0 bridgehead atoms. The molecular weight excluding hydrogens is 226 g/mol.